The van der Waals surface area contributed by atoms with Crippen molar-refractivity contribution in [3.05, 3.63) is 59.4 Å². The Morgan fingerprint density at radius 3 is 2.68 bits per heavy atom. The Morgan fingerprint density at radius 2 is 1.91 bits per heavy atom. The summed E-state index contributed by atoms with van der Waals surface area (Å²) in [5, 5.41) is 26.8. The number of aromatic hydroxyl groups is 1. The average Bonchev–Trinajstić information content (AvgIpc) is 3.35. The number of fused-ring (bicyclic) bond motifs is 1. The van der Waals surface area contributed by atoms with Crippen molar-refractivity contribution in [1.29, 1.82) is 0 Å². The summed E-state index contributed by atoms with van der Waals surface area (Å²) in [7, 11) is 2.09. The van der Waals surface area contributed by atoms with Crippen molar-refractivity contribution in [2.75, 3.05) is 69.8 Å². The number of ether oxygens (including phenoxy) is 1. The van der Waals surface area contributed by atoms with Crippen molar-refractivity contribution in [3.63, 3.8) is 0 Å². The highest BCUT2D eigenvalue weighted by atomic mass is 16.5. The minimum absolute atomic E-state index is 0.0931. The number of aliphatic hydroxyl groups is 1. The molecule has 2 fully saturated rings. The predicted octanol–water partition coefficient (Wildman–Crippen LogP) is 1.39. The van der Waals surface area contributed by atoms with E-state index in [9.17, 15) is 19.8 Å². The van der Waals surface area contributed by atoms with Crippen LogP contribution in [0.1, 0.15) is 40.5 Å². The first kappa shape index (κ1) is 29.7. The molecule has 3 aliphatic heterocycles. The number of aromatic nitrogens is 3. The van der Waals surface area contributed by atoms with Crippen molar-refractivity contribution in [3.8, 4) is 17.0 Å². The summed E-state index contributed by atoms with van der Waals surface area (Å²) in [5.41, 5.74) is 2.69. The molecule has 13 heteroatoms. The lowest BCUT2D eigenvalue weighted by molar-refractivity contribution is -0.122. The third-order valence-electron chi connectivity index (χ3n) is 8.38. The smallest absolute Gasteiger partial charge is 0.254 e. The third-order valence-corrected chi connectivity index (χ3v) is 8.38. The number of nitrogens with one attached hydrogen (secondary N) is 2. The molecular weight excluding hydrogens is 564 g/mol. The molecule has 13 nitrogen and oxygen atoms in total. The normalized spacial score (nSPS) is 18.3. The SMILES string of the molecule is CN1CCN(c2cccc([C@@H](CO)NC(=O)CN3Cc4ccc(-c5nc(NC6CCOCC6)ncc5O)cc4C3=O)n2)CC1. The van der Waals surface area contributed by atoms with Gasteiger partial charge in [-0.1, -0.05) is 18.2 Å². The fourth-order valence-corrected chi connectivity index (χ4v) is 5.79. The predicted molar refractivity (Wildman–Crippen MR) is 163 cm³/mol. The van der Waals surface area contributed by atoms with Crippen LogP contribution < -0.4 is 15.5 Å². The van der Waals surface area contributed by atoms with Crippen LogP contribution in [0.3, 0.4) is 0 Å². The molecule has 2 saturated heterocycles. The second-order valence-electron chi connectivity index (χ2n) is 11.5. The maximum Gasteiger partial charge on any atom is 0.254 e. The summed E-state index contributed by atoms with van der Waals surface area (Å²) >= 11 is 0. The zero-order valence-electron chi connectivity index (χ0n) is 24.8. The van der Waals surface area contributed by atoms with E-state index in [1.807, 2.05) is 18.2 Å². The monoisotopic (exact) mass is 602 g/mol. The Morgan fingerprint density at radius 1 is 1.11 bits per heavy atom. The molecule has 5 heterocycles. The van der Waals surface area contributed by atoms with Crippen LogP contribution in [0.15, 0.2) is 42.6 Å². The van der Waals surface area contributed by atoms with Crippen molar-refractivity contribution >= 4 is 23.6 Å². The molecule has 2 aromatic heterocycles. The molecule has 1 aromatic carbocycles. The van der Waals surface area contributed by atoms with Gasteiger partial charge in [-0.15, -0.1) is 0 Å². The second kappa shape index (κ2) is 13.1. The highest BCUT2D eigenvalue weighted by Crippen LogP contribution is 2.32. The van der Waals surface area contributed by atoms with E-state index in [4.69, 9.17) is 9.72 Å². The first-order valence-electron chi connectivity index (χ1n) is 15.0. The molecule has 0 saturated carbocycles. The van der Waals surface area contributed by atoms with Crippen molar-refractivity contribution in [2.24, 2.45) is 0 Å². The minimum atomic E-state index is -0.703. The number of carbonyl (C=O) groups is 2. The lowest BCUT2D eigenvalue weighted by Gasteiger charge is -2.33. The van der Waals surface area contributed by atoms with Gasteiger partial charge >= 0.3 is 0 Å². The minimum Gasteiger partial charge on any atom is -0.504 e. The van der Waals surface area contributed by atoms with E-state index >= 15 is 0 Å². The summed E-state index contributed by atoms with van der Waals surface area (Å²) < 4.78 is 5.41. The number of benzene rings is 1. The number of anilines is 2. The quantitative estimate of drug-likeness (QED) is 0.281. The molecule has 2 amide bonds. The number of pyridine rings is 1. The Labute approximate surface area is 255 Å². The van der Waals surface area contributed by atoms with Crippen LogP contribution in [-0.2, 0) is 16.1 Å². The van der Waals surface area contributed by atoms with Crippen LogP contribution in [0.25, 0.3) is 11.3 Å². The van der Waals surface area contributed by atoms with Crippen LogP contribution in [0.2, 0.25) is 0 Å². The van der Waals surface area contributed by atoms with E-state index in [0.717, 1.165) is 50.4 Å². The topological polar surface area (TPSA) is 156 Å². The van der Waals surface area contributed by atoms with E-state index in [1.165, 1.54) is 11.1 Å². The lowest BCUT2D eigenvalue weighted by Crippen LogP contribution is -2.45. The molecule has 0 spiro atoms. The van der Waals surface area contributed by atoms with E-state index < -0.39 is 11.9 Å². The van der Waals surface area contributed by atoms with Crippen molar-refractivity contribution in [2.45, 2.75) is 31.5 Å². The van der Waals surface area contributed by atoms with Crippen molar-refractivity contribution < 1.29 is 24.5 Å². The summed E-state index contributed by atoms with van der Waals surface area (Å²) in [6.45, 7) is 4.71. The van der Waals surface area contributed by atoms with Gasteiger partial charge in [-0.3, -0.25) is 9.59 Å². The van der Waals surface area contributed by atoms with E-state index in [-0.39, 0.29) is 37.4 Å². The van der Waals surface area contributed by atoms with Crippen LogP contribution in [-0.4, -0.2) is 112 Å². The number of nitrogens with zero attached hydrogens (tertiary/aromatic N) is 6. The Kier molecular flexibility index (Phi) is 8.87. The number of hydrogen-bond acceptors (Lipinski definition) is 11. The first-order valence-corrected chi connectivity index (χ1v) is 15.0. The molecule has 0 bridgehead atoms. The molecular formula is C31H38N8O5. The molecule has 4 N–H and O–H groups in total. The number of carbonyl (C=O) groups excluding carboxylic acids is 2. The largest absolute Gasteiger partial charge is 0.504 e. The fourth-order valence-electron chi connectivity index (χ4n) is 5.79. The van der Waals surface area contributed by atoms with Crippen LogP contribution in [0, 0.1) is 0 Å². The Hall–Kier alpha value is -4.33. The summed E-state index contributed by atoms with van der Waals surface area (Å²) in [4.78, 5) is 45.8. The van der Waals surface area contributed by atoms with Gasteiger partial charge in [0.1, 0.15) is 18.1 Å². The number of amides is 2. The van der Waals surface area contributed by atoms with Gasteiger partial charge in [0.15, 0.2) is 5.75 Å². The number of piperazine rings is 1. The maximum atomic E-state index is 13.4. The number of aliphatic hydroxyl groups excluding tert-OH is 1. The zero-order chi connectivity index (χ0) is 30.6. The van der Waals surface area contributed by atoms with Crippen molar-refractivity contribution in [1.82, 2.24) is 30.1 Å². The third kappa shape index (κ3) is 6.59. The van der Waals surface area contributed by atoms with E-state index in [2.05, 4.69) is 37.4 Å². The summed E-state index contributed by atoms with van der Waals surface area (Å²) in [5.74, 6) is 0.433. The molecule has 3 aromatic rings. The van der Waals surface area contributed by atoms with Crippen LogP contribution >= 0.6 is 0 Å². The van der Waals surface area contributed by atoms with Gasteiger partial charge in [-0.25, -0.2) is 15.0 Å². The summed E-state index contributed by atoms with van der Waals surface area (Å²) in [6, 6.07) is 10.4. The molecule has 0 radical (unpaired) electrons. The van der Waals surface area contributed by atoms with E-state index in [1.54, 1.807) is 18.2 Å². The zero-order valence-corrected chi connectivity index (χ0v) is 24.8. The molecule has 232 valence electrons. The standard InChI is InChI=1S/C31H38N8O5/c1-37-9-11-38(12-10-37)27-4-2-3-24(34-27)25(19-40)35-28(42)18-39-17-21-6-5-20(15-23(21)30(39)43)29-26(41)16-32-31(36-29)33-22-7-13-44-14-8-22/h2-6,15-16,22,25,40-41H,7-14,17-19H2,1H3,(H,35,42)(H,32,33,36)/t25-/m1/s1. The molecule has 6 rings (SSSR count). The molecule has 44 heavy (non-hydrogen) atoms. The Balaban J connectivity index is 1.10. The number of rotatable bonds is 9. The first-order chi connectivity index (χ1) is 21.4. The van der Waals surface area contributed by atoms with Crippen LogP contribution in [0.5, 0.6) is 5.75 Å². The van der Waals surface area contributed by atoms with Gasteiger partial charge in [-0.2, -0.15) is 0 Å². The number of hydrogen-bond donors (Lipinski definition) is 4. The molecule has 0 aliphatic carbocycles. The van der Waals surface area contributed by atoms with Gasteiger partial charge in [0, 0.05) is 63.1 Å². The van der Waals surface area contributed by atoms with Gasteiger partial charge in [0.25, 0.3) is 5.91 Å². The van der Waals surface area contributed by atoms with Gasteiger partial charge in [0.2, 0.25) is 11.9 Å². The summed E-state index contributed by atoms with van der Waals surface area (Å²) in [6.07, 6.45) is 3.03. The average molecular weight is 603 g/mol. The number of likely N-dealkylation sites (N-methyl/N-ethyl adjacent to an activating group) is 1. The van der Waals surface area contributed by atoms with E-state index in [0.29, 0.717) is 41.7 Å². The van der Waals surface area contributed by atoms with Gasteiger partial charge in [0.05, 0.1) is 24.5 Å². The van der Waals surface area contributed by atoms with Gasteiger partial charge < -0.3 is 40.3 Å². The molecule has 3 aliphatic rings. The van der Waals surface area contributed by atoms with Gasteiger partial charge in [-0.05, 0) is 43.7 Å². The lowest BCUT2D eigenvalue weighted by atomic mass is 10.0. The second-order valence-corrected chi connectivity index (χ2v) is 11.5. The molecule has 1 atom stereocenters. The maximum absolute atomic E-state index is 13.4. The highest BCUT2D eigenvalue weighted by molar-refractivity contribution is 6.01. The Bertz CT molecular complexity index is 1510. The fraction of sp³-hybridized carbons (Fsp3) is 0.452. The highest BCUT2D eigenvalue weighted by Gasteiger charge is 2.30. The molecule has 0 unspecified atom stereocenters. The van der Waals surface area contributed by atoms with Crippen LogP contribution in [0.4, 0.5) is 11.8 Å².